The third-order valence-electron chi connectivity index (χ3n) is 2.62. The minimum absolute atomic E-state index is 0.0358. The monoisotopic (exact) mass is 219 g/mol. The van der Waals surface area contributed by atoms with E-state index in [1.54, 1.807) is 0 Å². The highest BCUT2D eigenvalue weighted by molar-refractivity contribution is 5.22. The van der Waals surface area contributed by atoms with Crippen molar-refractivity contribution in [3.63, 3.8) is 0 Å². The second-order valence-electron chi connectivity index (χ2n) is 3.90. The van der Waals surface area contributed by atoms with E-state index in [-0.39, 0.29) is 12.1 Å². The largest absolute Gasteiger partial charge is 0.372 e. The SMILES string of the molecule is C=C(C)C(NC)C(OCC)c1ccccc1. The molecule has 2 unspecified atom stereocenters. The Morgan fingerprint density at radius 2 is 2.00 bits per heavy atom. The number of hydrogen-bond donors (Lipinski definition) is 1. The first kappa shape index (κ1) is 12.9. The van der Waals surface area contributed by atoms with Gasteiger partial charge in [0.2, 0.25) is 0 Å². The van der Waals surface area contributed by atoms with Crippen LogP contribution in [0.2, 0.25) is 0 Å². The maximum atomic E-state index is 5.82. The van der Waals surface area contributed by atoms with Gasteiger partial charge in [0, 0.05) is 6.61 Å². The fourth-order valence-electron chi connectivity index (χ4n) is 1.86. The molecule has 0 spiro atoms. The molecule has 0 amide bonds. The minimum atomic E-state index is 0.0358. The van der Waals surface area contributed by atoms with Crippen molar-refractivity contribution in [1.29, 1.82) is 0 Å². The van der Waals surface area contributed by atoms with Gasteiger partial charge in [-0.25, -0.2) is 0 Å². The van der Waals surface area contributed by atoms with E-state index in [2.05, 4.69) is 24.0 Å². The molecule has 0 heterocycles. The molecule has 1 N–H and O–H groups in total. The Kier molecular flexibility index (Phi) is 5.23. The van der Waals surface area contributed by atoms with E-state index >= 15 is 0 Å². The van der Waals surface area contributed by atoms with E-state index in [0.29, 0.717) is 6.61 Å². The van der Waals surface area contributed by atoms with Crippen LogP contribution in [0.15, 0.2) is 42.5 Å². The summed E-state index contributed by atoms with van der Waals surface area (Å²) < 4.78 is 5.82. The molecule has 1 rings (SSSR count). The highest BCUT2D eigenvalue weighted by Gasteiger charge is 2.22. The third kappa shape index (κ3) is 3.19. The van der Waals surface area contributed by atoms with Gasteiger partial charge in [0.1, 0.15) is 6.10 Å². The standard InChI is InChI=1S/C14H21NO/c1-5-16-14(13(15-4)11(2)3)12-9-7-6-8-10-12/h6-10,13-15H,2,5H2,1,3-4H3. The van der Waals surface area contributed by atoms with Crippen LogP contribution < -0.4 is 5.32 Å². The third-order valence-corrected chi connectivity index (χ3v) is 2.62. The highest BCUT2D eigenvalue weighted by Crippen LogP contribution is 2.24. The Bertz CT molecular complexity index is 321. The summed E-state index contributed by atoms with van der Waals surface area (Å²) >= 11 is 0. The van der Waals surface area contributed by atoms with Gasteiger partial charge in [-0.15, -0.1) is 0 Å². The molecule has 0 radical (unpaired) electrons. The number of rotatable bonds is 6. The van der Waals surface area contributed by atoms with Crippen molar-refractivity contribution in [2.75, 3.05) is 13.7 Å². The minimum Gasteiger partial charge on any atom is -0.372 e. The van der Waals surface area contributed by atoms with E-state index in [4.69, 9.17) is 4.74 Å². The summed E-state index contributed by atoms with van der Waals surface area (Å²) in [6.07, 6.45) is 0.0358. The summed E-state index contributed by atoms with van der Waals surface area (Å²) in [7, 11) is 1.94. The molecule has 0 aliphatic carbocycles. The molecule has 0 bridgehead atoms. The van der Waals surface area contributed by atoms with E-state index < -0.39 is 0 Å². The number of nitrogens with one attached hydrogen (secondary N) is 1. The van der Waals surface area contributed by atoms with Gasteiger partial charge in [-0.3, -0.25) is 0 Å². The molecule has 0 saturated carbocycles. The number of ether oxygens (including phenoxy) is 1. The van der Waals surface area contributed by atoms with Crippen LogP contribution in [-0.4, -0.2) is 19.7 Å². The smallest absolute Gasteiger partial charge is 0.102 e. The molecule has 0 aromatic heterocycles. The van der Waals surface area contributed by atoms with Crippen LogP contribution in [-0.2, 0) is 4.74 Å². The summed E-state index contributed by atoms with van der Waals surface area (Å²) in [5.74, 6) is 0. The van der Waals surface area contributed by atoms with Crippen LogP contribution in [0.3, 0.4) is 0 Å². The Labute approximate surface area is 98.3 Å². The van der Waals surface area contributed by atoms with Gasteiger partial charge < -0.3 is 10.1 Å². The number of hydrogen-bond acceptors (Lipinski definition) is 2. The van der Waals surface area contributed by atoms with Crippen LogP contribution in [0.4, 0.5) is 0 Å². The zero-order valence-electron chi connectivity index (χ0n) is 10.4. The van der Waals surface area contributed by atoms with Crippen molar-refractivity contribution >= 4 is 0 Å². The number of likely N-dealkylation sites (N-methyl/N-ethyl adjacent to an activating group) is 1. The zero-order chi connectivity index (χ0) is 12.0. The van der Waals surface area contributed by atoms with Crippen LogP contribution in [0.5, 0.6) is 0 Å². The van der Waals surface area contributed by atoms with E-state index in [1.165, 1.54) is 5.56 Å². The average Bonchev–Trinajstić information content (AvgIpc) is 2.29. The Morgan fingerprint density at radius 3 is 2.44 bits per heavy atom. The molecule has 0 fully saturated rings. The molecule has 0 saturated heterocycles. The fraction of sp³-hybridized carbons (Fsp3) is 0.429. The molecule has 2 heteroatoms. The van der Waals surface area contributed by atoms with E-state index in [0.717, 1.165) is 5.57 Å². The fourth-order valence-corrected chi connectivity index (χ4v) is 1.86. The lowest BCUT2D eigenvalue weighted by molar-refractivity contribution is 0.0442. The Morgan fingerprint density at radius 1 is 1.38 bits per heavy atom. The van der Waals surface area contributed by atoms with Crippen molar-refractivity contribution in [2.24, 2.45) is 0 Å². The van der Waals surface area contributed by atoms with Crippen LogP contribution >= 0.6 is 0 Å². The summed E-state index contributed by atoms with van der Waals surface area (Å²) in [6, 6.07) is 10.4. The van der Waals surface area contributed by atoms with Gasteiger partial charge >= 0.3 is 0 Å². The van der Waals surface area contributed by atoms with Crippen LogP contribution in [0.25, 0.3) is 0 Å². The first-order chi connectivity index (χ1) is 7.70. The lowest BCUT2D eigenvalue weighted by Gasteiger charge is -2.27. The summed E-state index contributed by atoms with van der Waals surface area (Å²) in [5, 5.41) is 3.26. The molecule has 0 aliphatic heterocycles. The van der Waals surface area contributed by atoms with Crippen molar-refractivity contribution in [2.45, 2.75) is 26.0 Å². The lowest BCUT2D eigenvalue weighted by Crippen LogP contribution is -2.34. The lowest BCUT2D eigenvalue weighted by atomic mass is 9.97. The molecule has 2 nitrogen and oxygen atoms in total. The second kappa shape index (κ2) is 6.46. The van der Waals surface area contributed by atoms with Gasteiger partial charge in [0.05, 0.1) is 6.04 Å². The normalized spacial score (nSPS) is 14.4. The first-order valence-corrected chi connectivity index (χ1v) is 5.70. The topological polar surface area (TPSA) is 21.3 Å². The molecular weight excluding hydrogens is 198 g/mol. The van der Waals surface area contributed by atoms with Crippen molar-refractivity contribution in [1.82, 2.24) is 5.32 Å². The summed E-state index contributed by atoms with van der Waals surface area (Å²) in [4.78, 5) is 0. The van der Waals surface area contributed by atoms with Crippen molar-refractivity contribution in [3.05, 3.63) is 48.0 Å². The quantitative estimate of drug-likeness (QED) is 0.743. The first-order valence-electron chi connectivity index (χ1n) is 5.70. The summed E-state index contributed by atoms with van der Waals surface area (Å²) in [5.41, 5.74) is 2.27. The van der Waals surface area contributed by atoms with Crippen molar-refractivity contribution < 1.29 is 4.74 Å². The molecule has 1 aromatic rings. The molecule has 16 heavy (non-hydrogen) atoms. The van der Waals surface area contributed by atoms with E-state index in [9.17, 15) is 0 Å². The highest BCUT2D eigenvalue weighted by atomic mass is 16.5. The van der Waals surface area contributed by atoms with E-state index in [1.807, 2.05) is 39.1 Å². The average molecular weight is 219 g/mol. The summed E-state index contributed by atoms with van der Waals surface area (Å²) in [6.45, 7) is 8.75. The molecule has 2 atom stereocenters. The Hall–Kier alpha value is -1.12. The molecule has 0 aliphatic rings. The zero-order valence-corrected chi connectivity index (χ0v) is 10.4. The van der Waals surface area contributed by atoms with Gasteiger partial charge in [-0.05, 0) is 26.5 Å². The molecule has 88 valence electrons. The van der Waals surface area contributed by atoms with Gasteiger partial charge in [0.25, 0.3) is 0 Å². The maximum absolute atomic E-state index is 5.82. The van der Waals surface area contributed by atoms with Crippen molar-refractivity contribution in [3.8, 4) is 0 Å². The van der Waals surface area contributed by atoms with Gasteiger partial charge in [-0.1, -0.05) is 42.5 Å². The molecular formula is C14H21NO. The van der Waals surface area contributed by atoms with Crippen LogP contribution in [0.1, 0.15) is 25.5 Å². The molecule has 1 aromatic carbocycles. The second-order valence-corrected chi connectivity index (χ2v) is 3.90. The Balaban J connectivity index is 2.94. The van der Waals surface area contributed by atoms with Gasteiger partial charge in [-0.2, -0.15) is 0 Å². The van der Waals surface area contributed by atoms with Crippen LogP contribution in [0, 0.1) is 0 Å². The number of benzene rings is 1. The predicted octanol–water partition coefficient (Wildman–Crippen LogP) is 2.93. The maximum Gasteiger partial charge on any atom is 0.102 e. The van der Waals surface area contributed by atoms with Gasteiger partial charge in [0.15, 0.2) is 0 Å². The predicted molar refractivity (Wildman–Crippen MR) is 68.5 cm³/mol.